The fourth-order valence-corrected chi connectivity index (χ4v) is 3.22. The van der Waals surface area contributed by atoms with Gasteiger partial charge in [-0.2, -0.15) is 5.10 Å². The van der Waals surface area contributed by atoms with Gasteiger partial charge in [0, 0.05) is 30.3 Å². The fourth-order valence-electron chi connectivity index (χ4n) is 3.22. The number of hydrogen-bond acceptors (Lipinski definition) is 6. The summed E-state index contributed by atoms with van der Waals surface area (Å²) < 4.78 is 0. The number of hydrazone groups is 1. The molecule has 0 saturated carbocycles. The minimum absolute atomic E-state index is 0.0963. The van der Waals surface area contributed by atoms with Gasteiger partial charge in [0.05, 0.1) is 18.4 Å². The van der Waals surface area contributed by atoms with Crippen molar-refractivity contribution in [1.82, 2.24) is 25.7 Å². The highest BCUT2D eigenvalue weighted by Gasteiger charge is 2.27. The molecule has 2 aromatic heterocycles. The molecule has 0 radical (unpaired) electrons. The number of amides is 1. The summed E-state index contributed by atoms with van der Waals surface area (Å²) in [4.78, 5) is 23.9. The van der Waals surface area contributed by atoms with Gasteiger partial charge in [0.15, 0.2) is 0 Å². The molecule has 4 N–H and O–H groups in total. The van der Waals surface area contributed by atoms with E-state index in [2.05, 4.69) is 44.6 Å². The molecule has 3 rings (SSSR count). The molecule has 1 amide bonds. The molecule has 1 aliphatic rings. The molecular formula is C19H24N6O2. The summed E-state index contributed by atoms with van der Waals surface area (Å²) in [6.07, 6.45) is 6.48. The lowest BCUT2D eigenvalue weighted by Gasteiger charge is -2.11. The Hall–Kier alpha value is -2.84. The van der Waals surface area contributed by atoms with Crippen molar-refractivity contribution in [3.8, 4) is 0 Å². The van der Waals surface area contributed by atoms with Crippen LogP contribution in [0.5, 0.6) is 0 Å². The molecule has 142 valence electrons. The minimum atomic E-state index is -0.293. The maximum atomic E-state index is 12.4. The third-order valence-electron chi connectivity index (χ3n) is 4.42. The van der Waals surface area contributed by atoms with Gasteiger partial charge in [-0.3, -0.25) is 14.8 Å². The molecule has 0 spiro atoms. The van der Waals surface area contributed by atoms with E-state index in [-0.39, 0.29) is 18.4 Å². The number of nitrogens with zero attached hydrogens (tertiary/aromatic N) is 3. The summed E-state index contributed by atoms with van der Waals surface area (Å²) in [5.41, 5.74) is 7.55. The first-order valence-corrected chi connectivity index (χ1v) is 8.98. The normalized spacial score (nSPS) is 15.5. The lowest BCUT2D eigenvalue weighted by atomic mass is 9.95. The molecule has 1 aliphatic heterocycles. The number of aliphatic hydroxyl groups excluding tert-OH is 1. The monoisotopic (exact) mass is 368 g/mol. The molecule has 27 heavy (non-hydrogen) atoms. The molecule has 0 aromatic carbocycles. The van der Waals surface area contributed by atoms with E-state index < -0.39 is 0 Å². The van der Waals surface area contributed by atoms with Crippen molar-refractivity contribution < 1.29 is 9.90 Å². The summed E-state index contributed by atoms with van der Waals surface area (Å²) in [5, 5.41) is 17.2. The summed E-state index contributed by atoms with van der Waals surface area (Å²) in [5.74, 6) is -0.0813. The van der Waals surface area contributed by atoms with E-state index >= 15 is 0 Å². The molecule has 2 aromatic rings. The van der Waals surface area contributed by atoms with Crippen LogP contribution in [-0.2, 0) is 17.9 Å². The van der Waals surface area contributed by atoms with E-state index in [1.54, 1.807) is 24.7 Å². The topological polar surface area (TPSA) is 115 Å². The molecule has 0 fully saturated rings. The smallest absolute Gasteiger partial charge is 0.273 e. The molecule has 8 heteroatoms. The number of nitrogens with one attached hydrogen (secondary N) is 3. The highest BCUT2D eigenvalue weighted by atomic mass is 16.3. The number of H-pyrrole nitrogens is 1. The molecule has 0 atom stereocenters. The number of rotatable bonds is 7. The maximum Gasteiger partial charge on any atom is 0.273 e. The Balaban J connectivity index is 2.08. The average molecular weight is 368 g/mol. The predicted octanol–water partition coefficient (Wildman–Crippen LogP) is 1.45. The Kier molecular flexibility index (Phi) is 5.78. The van der Waals surface area contributed by atoms with Crippen LogP contribution in [-0.4, -0.2) is 38.2 Å². The number of aromatic nitrogens is 3. The maximum absolute atomic E-state index is 12.4. The summed E-state index contributed by atoms with van der Waals surface area (Å²) in [6.45, 7) is 7.60. The van der Waals surface area contributed by atoms with Crippen molar-refractivity contribution in [2.24, 2.45) is 5.10 Å². The van der Waals surface area contributed by atoms with E-state index in [1.165, 1.54) is 0 Å². The Bertz CT molecular complexity index is 883. The van der Waals surface area contributed by atoms with Gasteiger partial charge in [-0.25, -0.2) is 5.43 Å². The van der Waals surface area contributed by atoms with Crippen molar-refractivity contribution in [3.05, 3.63) is 52.4 Å². The Morgan fingerprint density at radius 2 is 2.15 bits per heavy atom. The number of carbonyl (C=O) groups is 1. The molecule has 3 heterocycles. The Morgan fingerprint density at radius 1 is 1.33 bits per heavy atom. The first kappa shape index (κ1) is 18.9. The zero-order chi connectivity index (χ0) is 19.4. The molecule has 8 nitrogen and oxygen atoms in total. The third-order valence-corrected chi connectivity index (χ3v) is 4.42. The van der Waals surface area contributed by atoms with Gasteiger partial charge in [-0.15, -0.1) is 0 Å². The van der Waals surface area contributed by atoms with Crippen LogP contribution < -0.4 is 10.7 Å². The zero-order valence-electron chi connectivity index (χ0n) is 15.7. The largest absolute Gasteiger partial charge is 0.390 e. The van der Waals surface area contributed by atoms with Gasteiger partial charge in [-0.05, 0) is 29.7 Å². The fraction of sp³-hybridized carbons (Fsp3) is 0.368. The van der Waals surface area contributed by atoms with E-state index in [1.807, 2.05) is 6.92 Å². The average Bonchev–Trinajstić information content (AvgIpc) is 3.21. The summed E-state index contributed by atoms with van der Waals surface area (Å²) in [7, 11) is 0. The first-order valence-electron chi connectivity index (χ1n) is 8.98. The van der Waals surface area contributed by atoms with Crippen molar-refractivity contribution >= 4 is 17.7 Å². The zero-order valence-corrected chi connectivity index (χ0v) is 15.7. The number of carbonyl (C=O) groups excluding carboxylic acids is 1. The lowest BCUT2D eigenvalue weighted by molar-refractivity contribution is -0.116. The third kappa shape index (κ3) is 3.81. The van der Waals surface area contributed by atoms with Crippen molar-refractivity contribution in [2.75, 3.05) is 6.54 Å². The second kappa shape index (κ2) is 8.24. The second-order valence-corrected chi connectivity index (χ2v) is 6.55. The van der Waals surface area contributed by atoms with Gasteiger partial charge in [0.2, 0.25) is 0 Å². The highest BCUT2D eigenvalue weighted by molar-refractivity contribution is 6.32. The van der Waals surface area contributed by atoms with Crippen LogP contribution in [0, 0.1) is 0 Å². The minimum Gasteiger partial charge on any atom is -0.390 e. The van der Waals surface area contributed by atoms with Crippen LogP contribution in [0.4, 0.5) is 0 Å². The Labute approximate surface area is 157 Å². The first-order chi connectivity index (χ1) is 13.1. The van der Waals surface area contributed by atoms with Gasteiger partial charge >= 0.3 is 0 Å². The second-order valence-electron chi connectivity index (χ2n) is 6.55. The summed E-state index contributed by atoms with van der Waals surface area (Å²) in [6, 6.07) is 0. The molecule has 0 bridgehead atoms. The van der Waals surface area contributed by atoms with Gasteiger partial charge in [-0.1, -0.05) is 20.8 Å². The van der Waals surface area contributed by atoms with E-state index in [0.717, 1.165) is 29.1 Å². The Morgan fingerprint density at radius 3 is 2.78 bits per heavy atom. The molecule has 0 aliphatic carbocycles. The lowest BCUT2D eigenvalue weighted by Crippen LogP contribution is -2.15. The van der Waals surface area contributed by atoms with E-state index in [0.29, 0.717) is 23.5 Å². The van der Waals surface area contributed by atoms with Crippen LogP contribution in [0.15, 0.2) is 29.3 Å². The van der Waals surface area contributed by atoms with E-state index in [9.17, 15) is 9.90 Å². The summed E-state index contributed by atoms with van der Waals surface area (Å²) >= 11 is 0. The van der Waals surface area contributed by atoms with Crippen LogP contribution >= 0.6 is 0 Å². The number of hydrogen-bond donors (Lipinski definition) is 4. The molecule has 0 unspecified atom stereocenters. The van der Waals surface area contributed by atoms with Crippen LogP contribution in [0.1, 0.15) is 54.9 Å². The van der Waals surface area contributed by atoms with E-state index in [4.69, 9.17) is 0 Å². The van der Waals surface area contributed by atoms with Crippen molar-refractivity contribution in [2.45, 2.75) is 39.8 Å². The molecular weight excluding hydrogens is 344 g/mol. The number of aliphatic hydroxyl groups is 1. The predicted molar refractivity (Wildman–Crippen MR) is 103 cm³/mol. The quantitative estimate of drug-likeness (QED) is 0.552. The van der Waals surface area contributed by atoms with Crippen molar-refractivity contribution in [1.29, 1.82) is 0 Å². The highest BCUT2D eigenvalue weighted by Crippen LogP contribution is 2.30. The van der Waals surface area contributed by atoms with Gasteiger partial charge in [0.25, 0.3) is 5.91 Å². The van der Waals surface area contributed by atoms with Crippen LogP contribution in [0.2, 0.25) is 0 Å². The van der Waals surface area contributed by atoms with Crippen LogP contribution in [0.25, 0.3) is 6.08 Å². The van der Waals surface area contributed by atoms with Gasteiger partial charge in [0.1, 0.15) is 11.4 Å². The standard InChI is InChI=1S/C19H24N6O2/c1-4-20-8-13-16(10-26)23-14(17(13)11(2)3)7-12-18(24-25-19(12)27)15-9-21-5-6-22-15/h5-7,9,11,20,23,26H,4,8,10H2,1-3H3,(H,25,27). The van der Waals surface area contributed by atoms with Crippen LogP contribution in [0.3, 0.4) is 0 Å². The van der Waals surface area contributed by atoms with Crippen molar-refractivity contribution in [3.63, 3.8) is 0 Å². The van der Waals surface area contributed by atoms with Gasteiger partial charge < -0.3 is 15.4 Å². The SMILES string of the molecule is CCNCc1c(CO)[nH]c(C=C2C(=O)NN=C2c2cnccn2)c1C(C)C. The number of aromatic amines is 1. The molecule has 0 saturated heterocycles.